The molecule has 5 rings (SSSR count). The smallest absolute Gasteiger partial charge is 0.266 e. The van der Waals surface area contributed by atoms with Crippen LogP contribution in [-0.4, -0.2) is 35.1 Å². The van der Waals surface area contributed by atoms with Crippen LogP contribution < -0.4 is 4.90 Å². The Balaban J connectivity index is 1.73. The first-order chi connectivity index (χ1) is 15.9. The number of unbranched alkanes of at least 4 members (excludes halogenated alkanes) is 1. The lowest BCUT2D eigenvalue weighted by Gasteiger charge is -2.33. The molecule has 0 atom stereocenters. The fourth-order valence-corrected chi connectivity index (χ4v) is 4.97. The molecule has 0 unspecified atom stereocenters. The molecule has 0 saturated carbocycles. The summed E-state index contributed by atoms with van der Waals surface area (Å²) in [6.45, 7) is 6.21. The minimum absolute atomic E-state index is 0.332. The third-order valence-corrected chi connectivity index (χ3v) is 6.64. The van der Waals surface area contributed by atoms with Gasteiger partial charge in [0.05, 0.1) is 5.69 Å². The number of carbonyl (C=O) groups excluding carboxylic acids is 4. The largest absolute Gasteiger partial charge is 0.274 e. The van der Waals surface area contributed by atoms with Crippen molar-refractivity contribution >= 4 is 40.1 Å². The lowest BCUT2D eigenvalue weighted by atomic mass is 9.85. The summed E-state index contributed by atoms with van der Waals surface area (Å²) in [4.78, 5) is 56.1. The maximum absolute atomic E-state index is 13.7. The highest BCUT2D eigenvalue weighted by atomic mass is 16.2. The van der Waals surface area contributed by atoms with Gasteiger partial charge in [-0.3, -0.25) is 24.1 Å². The number of carbonyl (C=O) groups is 4. The van der Waals surface area contributed by atoms with E-state index in [2.05, 4.69) is 0 Å². The van der Waals surface area contributed by atoms with Gasteiger partial charge in [0.2, 0.25) is 0 Å². The minimum atomic E-state index is -0.437. The number of imide groups is 2. The van der Waals surface area contributed by atoms with Crippen molar-refractivity contribution in [3.05, 3.63) is 75.8 Å². The second kappa shape index (κ2) is 7.66. The quantitative estimate of drug-likeness (QED) is 0.529. The Kier molecular flexibility index (Phi) is 4.89. The van der Waals surface area contributed by atoms with Crippen LogP contribution in [0.4, 0.5) is 5.69 Å². The Bertz CT molecular complexity index is 1320. The van der Waals surface area contributed by atoms with Crippen LogP contribution in [0.3, 0.4) is 0 Å². The van der Waals surface area contributed by atoms with E-state index in [0.717, 1.165) is 17.5 Å². The second-order valence-electron chi connectivity index (χ2n) is 8.57. The van der Waals surface area contributed by atoms with Gasteiger partial charge < -0.3 is 0 Å². The Labute approximate surface area is 191 Å². The van der Waals surface area contributed by atoms with Crippen LogP contribution in [0.1, 0.15) is 79.2 Å². The normalized spacial score (nSPS) is 15.1. The van der Waals surface area contributed by atoms with Crippen molar-refractivity contribution in [1.82, 2.24) is 4.90 Å². The van der Waals surface area contributed by atoms with Gasteiger partial charge in [-0.2, -0.15) is 0 Å². The third-order valence-electron chi connectivity index (χ3n) is 6.64. The number of benzene rings is 3. The van der Waals surface area contributed by atoms with Crippen molar-refractivity contribution in [3.63, 3.8) is 0 Å². The summed E-state index contributed by atoms with van der Waals surface area (Å²) >= 11 is 0. The van der Waals surface area contributed by atoms with Crippen molar-refractivity contribution in [1.29, 1.82) is 0 Å². The summed E-state index contributed by atoms with van der Waals surface area (Å²) in [5, 5.41) is 0.814. The van der Waals surface area contributed by atoms with Crippen molar-refractivity contribution in [2.45, 2.75) is 40.0 Å². The lowest BCUT2D eigenvalue weighted by Crippen LogP contribution is -2.44. The molecule has 0 aromatic heterocycles. The SMILES string of the molecule is CCCCN1C(=O)c2ccc3c4c(ccc(c24)C1=O)C(=O)N(c1c(C)cccc1CC)C3=O. The summed E-state index contributed by atoms with van der Waals surface area (Å²) in [5.41, 5.74) is 3.73. The van der Waals surface area contributed by atoms with E-state index < -0.39 is 11.8 Å². The summed E-state index contributed by atoms with van der Waals surface area (Å²) in [5.74, 6) is -1.62. The molecule has 6 heteroatoms. The number of aryl methyl sites for hydroxylation is 2. The summed E-state index contributed by atoms with van der Waals surface area (Å²) < 4.78 is 0. The highest BCUT2D eigenvalue weighted by Crippen LogP contribution is 2.40. The van der Waals surface area contributed by atoms with Crippen LogP contribution in [0.5, 0.6) is 0 Å². The highest BCUT2D eigenvalue weighted by Gasteiger charge is 2.40. The van der Waals surface area contributed by atoms with Gasteiger partial charge in [-0.25, -0.2) is 4.90 Å². The number of nitrogens with zero attached hydrogens (tertiary/aromatic N) is 2. The highest BCUT2D eigenvalue weighted by molar-refractivity contribution is 6.39. The van der Waals surface area contributed by atoms with Crippen LogP contribution in [0, 0.1) is 6.92 Å². The van der Waals surface area contributed by atoms with E-state index in [1.54, 1.807) is 24.3 Å². The molecule has 0 fully saturated rings. The summed E-state index contributed by atoms with van der Waals surface area (Å²) in [6, 6.07) is 12.2. The maximum Gasteiger partial charge on any atom is 0.266 e. The second-order valence-corrected chi connectivity index (χ2v) is 8.57. The molecule has 0 aliphatic carbocycles. The minimum Gasteiger partial charge on any atom is -0.274 e. The molecule has 33 heavy (non-hydrogen) atoms. The molecule has 0 spiro atoms. The number of para-hydroxylation sites is 1. The first-order valence-corrected chi connectivity index (χ1v) is 11.3. The molecular formula is C27H24N2O4. The predicted octanol–water partition coefficient (Wildman–Crippen LogP) is 4.91. The Morgan fingerprint density at radius 1 is 0.697 bits per heavy atom. The number of hydrogen-bond acceptors (Lipinski definition) is 4. The molecule has 2 aliphatic heterocycles. The summed E-state index contributed by atoms with van der Waals surface area (Å²) in [6.07, 6.45) is 2.24. The Morgan fingerprint density at radius 2 is 1.21 bits per heavy atom. The number of anilines is 1. The standard InChI is InChI=1S/C27H24N2O4/c1-4-6-14-28-24(30)17-10-12-19-22-20(13-11-18(21(17)22)25(28)31)27(33)29(26(19)32)23-15(3)8-7-9-16(23)5-2/h7-13H,4-6,14H2,1-3H3. The van der Waals surface area contributed by atoms with Crippen molar-refractivity contribution < 1.29 is 19.2 Å². The predicted molar refractivity (Wildman–Crippen MR) is 126 cm³/mol. The van der Waals surface area contributed by atoms with Crippen LogP contribution in [-0.2, 0) is 6.42 Å². The maximum atomic E-state index is 13.7. The molecule has 0 bridgehead atoms. The Hall–Kier alpha value is -3.80. The molecule has 2 aliphatic rings. The fourth-order valence-electron chi connectivity index (χ4n) is 4.97. The number of amides is 4. The summed E-state index contributed by atoms with van der Waals surface area (Å²) in [7, 11) is 0. The zero-order valence-electron chi connectivity index (χ0n) is 18.9. The molecule has 4 amide bonds. The van der Waals surface area contributed by atoms with Gasteiger partial charge in [-0.15, -0.1) is 0 Å². The van der Waals surface area contributed by atoms with E-state index in [9.17, 15) is 19.2 Å². The van der Waals surface area contributed by atoms with Crippen LogP contribution in [0.15, 0.2) is 42.5 Å². The van der Waals surface area contributed by atoms with Crippen LogP contribution in [0.2, 0.25) is 0 Å². The number of hydrogen-bond donors (Lipinski definition) is 0. The average molecular weight is 440 g/mol. The monoisotopic (exact) mass is 440 g/mol. The van der Waals surface area contributed by atoms with Crippen molar-refractivity contribution in [2.24, 2.45) is 0 Å². The lowest BCUT2D eigenvalue weighted by molar-refractivity contribution is 0.0607. The van der Waals surface area contributed by atoms with Crippen molar-refractivity contribution in [2.75, 3.05) is 11.4 Å². The zero-order valence-corrected chi connectivity index (χ0v) is 18.9. The van der Waals surface area contributed by atoms with Gasteiger partial charge in [0.1, 0.15) is 0 Å². The van der Waals surface area contributed by atoms with Gasteiger partial charge >= 0.3 is 0 Å². The first kappa shape index (κ1) is 21.1. The van der Waals surface area contributed by atoms with E-state index in [1.807, 2.05) is 39.0 Å². The van der Waals surface area contributed by atoms with Gasteiger partial charge in [-0.05, 0) is 55.2 Å². The first-order valence-electron chi connectivity index (χ1n) is 11.3. The van der Waals surface area contributed by atoms with Crippen LogP contribution in [0.25, 0.3) is 10.8 Å². The van der Waals surface area contributed by atoms with E-state index in [0.29, 0.717) is 58.1 Å². The van der Waals surface area contributed by atoms with Gasteiger partial charge in [-0.1, -0.05) is 38.5 Å². The topological polar surface area (TPSA) is 74.8 Å². The van der Waals surface area contributed by atoms with E-state index in [1.165, 1.54) is 9.80 Å². The molecule has 0 saturated heterocycles. The zero-order chi connectivity index (χ0) is 23.4. The molecule has 3 aromatic carbocycles. The van der Waals surface area contributed by atoms with Gasteiger partial charge in [0, 0.05) is 39.6 Å². The molecular weight excluding hydrogens is 416 g/mol. The number of rotatable bonds is 5. The van der Waals surface area contributed by atoms with Gasteiger partial charge in [0.15, 0.2) is 0 Å². The molecule has 2 heterocycles. The Morgan fingerprint density at radius 3 is 1.70 bits per heavy atom. The fraction of sp³-hybridized carbons (Fsp3) is 0.259. The van der Waals surface area contributed by atoms with E-state index >= 15 is 0 Å². The molecule has 6 nitrogen and oxygen atoms in total. The van der Waals surface area contributed by atoms with Crippen molar-refractivity contribution in [3.8, 4) is 0 Å². The van der Waals surface area contributed by atoms with Gasteiger partial charge in [0.25, 0.3) is 23.6 Å². The molecule has 0 radical (unpaired) electrons. The van der Waals surface area contributed by atoms with Crippen LogP contribution >= 0.6 is 0 Å². The van der Waals surface area contributed by atoms with E-state index in [4.69, 9.17) is 0 Å². The molecule has 166 valence electrons. The third kappa shape index (κ3) is 2.86. The average Bonchev–Trinajstić information content (AvgIpc) is 2.82. The molecule has 0 N–H and O–H groups in total. The molecule has 3 aromatic rings. The van der Waals surface area contributed by atoms with E-state index in [-0.39, 0.29) is 11.8 Å².